The Morgan fingerprint density at radius 3 is 1.86 bits per heavy atom. The molecule has 1 heterocycles. The maximum atomic E-state index is 13.5. The molecule has 2 rings (SSSR count). The average Bonchev–Trinajstić information content (AvgIpc) is 2.86. The molecule has 1 amide bonds. The summed E-state index contributed by atoms with van der Waals surface area (Å²) < 4.78 is 89.4. The van der Waals surface area contributed by atoms with Crippen molar-refractivity contribution in [2.75, 3.05) is 6.54 Å². The van der Waals surface area contributed by atoms with Crippen LogP contribution in [0.3, 0.4) is 0 Å². The van der Waals surface area contributed by atoms with E-state index in [-0.39, 0.29) is 18.4 Å². The number of rotatable bonds is 3. The number of halogens is 5. The van der Waals surface area contributed by atoms with Crippen LogP contribution in [0.5, 0.6) is 0 Å². The van der Waals surface area contributed by atoms with E-state index in [4.69, 9.17) is 0 Å². The predicted molar refractivity (Wildman–Crippen MR) is 63.5 cm³/mol. The molecule has 0 atom stereocenters. The number of likely N-dealkylation sites (tertiary alicyclic amines) is 1. The molecule has 0 saturated carbocycles. The van der Waals surface area contributed by atoms with Crippen LogP contribution in [0.15, 0.2) is 16.5 Å². The summed E-state index contributed by atoms with van der Waals surface area (Å²) in [6.07, 6.45) is 1.38. The highest BCUT2D eigenvalue weighted by Crippen LogP contribution is 2.28. The minimum atomic E-state index is -4.97. The number of carbonyl (C=O) groups excluding carboxylic acids is 1. The van der Waals surface area contributed by atoms with E-state index in [0.29, 0.717) is 6.42 Å². The molecule has 0 aromatic heterocycles. The summed E-state index contributed by atoms with van der Waals surface area (Å²) in [6.45, 7) is 0.196. The van der Waals surface area contributed by atoms with E-state index in [2.05, 4.69) is 0 Å². The Balaban J connectivity index is 2.51. The van der Waals surface area contributed by atoms with Gasteiger partial charge in [-0.25, -0.2) is 30.4 Å². The van der Waals surface area contributed by atoms with Gasteiger partial charge in [0.05, 0.1) is 5.41 Å². The maximum absolute atomic E-state index is 13.5. The third-order valence-electron chi connectivity index (χ3n) is 2.98. The summed E-state index contributed by atoms with van der Waals surface area (Å²) in [5.74, 6) is -12.5. The van der Waals surface area contributed by atoms with Crippen LogP contribution in [0, 0.1) is 29.1 Å². The van der Waals surface area contributed by atoms with Gasteiger partial charge in [0.2, 0.25) is 21.6 Å². The number of hydrogen-bond acceptors (Lipinski definition) is 3. The summed E-state index contributed by atoms with van der Waals surface area (Å²) in [4.78, 5) is 10.3. The van der Waals surface area contributed by atoms with Crippen LogP contribution in [-0.2, 0) is 14.6 Å². The highest BCUT2D eigenvalue weighted by Gasteiger charge is 2.32. The smallest absolute Gasteiger partial charge is 0.226 e. The Kier molecular flexibility index (Phi) is 4.23. The Morgan fingerprint density at radius 1 is 0.909 bits per heavy atom. The molecule has 0 N–H and O–H groups in total. The minimum absolute atomic E-state index is 0.174. The Labute approximate surface area is 121 Å². The summed E-state index contributed by atoms with van der Waals surface area (Å²) in [6, 6.07) is 0. The average molecular weight is 341 g/mol. The highest BCUT2D eigenvalue weighted by molar-refractivity contribution is 7.94. The number of benzene rings is 1. The molecule has 4 nitrogen and oxygen atoms in total. The van der Waals surface area contributed by atoms with Crippen molar-refractivity contribution >= 4 is 15.7 Å². The van der Waals surface area contributed by atoms with E-state index in [1.807, 2.05) is 0 Å². The molecule has 22 heavy (non-hydrogen) atoms. The van der Waals surface area contributed by atoms with Gasteiger partial charge in [-0.05, 0) is 6.42 Å². The van der Waals surface area contributed by atoms with Gasteiger partial charge in [0, 0.05) is 19.2 Å². The SMILES string of the molecule is O=C1CCCN1/C=C/S(=O)(=O)c1c(F)c(F)c(F)c(F)c1F. The lowest BCUT2D eigenvalue weighted by molar-refractivity contribution is -0.125. The maximum Gasteiger partial charge on any atom is 0.226 e. The van der Waals surface area contributed by atoms with Crippen molar-refractivity contribution in [3.63, 3.8) is 0 Å². The second kappa shape index (κ2) is 5.67. The van der Waals surface area contributed by atoms with Crippen molar-refractivity contribution in [2.45, 2.75) is 17.7 Å². The lowest BCUT2D eigenvalue weighted by Gasteiger charge is -2.10. The third-order valence-corrected chi connectivity index (χ3v) is 4.39. The first-order valence-corrected chi connectivity index (χ1v) is 7.45. The van der Waals surface area contributed by atoms with Crippen LogP contribution in [0.1, 0.15) is 12.8 Å². The molecule has 10 heteroatoms. The van der Waals surface area contributed by atoms with E-state index < -0.39 is 49.7 Å². The largest absolute Gasteiger partial charge is 0.318 e. The van der Waals surface area contributed by atoms with Crippen molar-refractivity contribution < 1.29 is 35.2 Å². The van der Waals surface area contributed by atoms with Crippen LogP contribution in [0.2, 0.25) is 0 Å². The van der Waals surface area contributed by atoms with Gasteiger partial charge in [-0.1, -0.05) is 0 Å². The quantitative estimate of drug-likeness (QED) is 0.367. The van der Waals surface area contributed by atoms with Crippen LogP contribution < -0.4 is 0 Å². The third kappa shape index (κ3) is 2.70. The molecule has 0 aliphatic carbocycles. The molecular weight excluding hydrogens is 333 g/mol. The van der Waals surface area contributed by atoms with Crippen molar-refractivity contribution in [3.8, 4) is 0 Å². The lowest BCUT2D eigenvalue weighted by Crippen LogP contribution is -2.18. The number of carbonyl (C=O) groups is 1. The molecule has 1 aliphatic rings. The molecule has 0 spiro atoms. The van der Waals surface area contributed by atoms with E-state index in [0.717, 1.165) is 11.1 Å². The number of amides is 1. The first-order chi connectivity index (χ1) is 10.2. The second-order valence-corrected chi connectivity index (χ2v) is 6.19. The van der Waals surface area contributed by atoms with Crippen molar-refractivity contribution in [2.24, 2.45) is 0 Å². The van der Waals surface area contributed by atoms with Crippen LogP contribution in [-0.4, -0.2) is 25.8 Å². The Hall–Kier alpha value is -1.97. The summed E-state index contributed by atoms with van der Waals surface area (Å²) in [7, 11) is -4.97. The van der Waals surface area contributed by atoms with Crippen LogP contribution >= 0.6 is 0 Å². The van der Waals surface area contributed by atoms with Crippen molar-refractivity contribution in [3.05, 3.63) is 40.7 Å². The number of nitrogens with zero attached hydrogens (tertiary/aromatic N) is 1. The fourth-order valence-corrected chi connectivity index (χ4v) is 3.00. The van der Waals surface area contributed by atoms with Gasteiger partial charge >= 0.3 is 0 Å². The molecule has 120 valence electrons. The number of sulfone groups is 1. The molecule has 1 fully saturated rings. The summed E-state index contributed by atoms with van der Waals surface area (Å²) >= 11 is 0. The zero-order valence-electron chi connectivity index (χ0n) is 10.7. The minimum Gasteiger partial charge on any atom is -0.318 e. The normalized spacial score (nSPS) is 16.0. The van der Waals surface area contributed by atoms with Gasteiger partial charge in [-0.3, -0.25) is 4.79 Å². The van der Waals surface area contributed by atoms with Gasteiger partial charge in [0.15, 0.2) is 23.3 Å². The molecular formula is C12H8F5NO3S. The Morgan fingerprint density at radius 2 is 1.41 bits per heavy atom. The molecule has 1 saturated heterocycles. The summed E-state index contributed by atoms with van der Waals surface area (Å²) in [5, 5.41) is 0.231. The van der Waals surface area contributed by atoms with Gasteiger partial charge in [0.1, 0.15) is 4.90 Å². The van der Waals surface area contributed by atoms with E-state index in [1.54, 1.807) is 0 Å². The fourth-order valence-electron chi connectivity index (χ4n) is 1.88. The van der Waals surface area contributed by atoms with Crippen molar-refractivity contribution in [1.29, 1.82) is 0 Å². The monoisotopic (exact) mass is 341 g/mol. The molecule has 0 radical (unpaired) electrons. The van der Waals surface area contributed by atoms with Crippen LogP contribution in [0.25, 0.3) is 0 Å². The van der Waals surface area contributed by atoms with Gasteiger partial charge in [-0.15, -0.1) is 0 Å². The molecule has 0 unspecified atom stereocenters. The Bertz CT molecular complexity index is 746. The highest BCUT2D eigenvalue weighted by atomic mass is 32.2. The zero-order chi connectivity index (χ0) is 16.7. The summed E-state index contributed by atoms with van der Waals surface area (Å²) in [5.41, 5.74) is 0. The first-order valence-electron chi connectivity index (χ1n) is 5.91. The molecule has 0 bridgehead atoms. The standard InChI is InChI=1S/C12H8F5NO3S/c13-7-8(14)10(16)12(11(17)9(7)15)22(20,21)5-4-18-3-1-2-6(18)19/h4-5H,1-3H2/b5-4+. The topological polar surface area (TPSA) is 54.5 Å². The van der Waals surface area contributed by atoms with Gasteiger partial charge in [0.25, 0.3) is 0 Å². The van der Waals surface area contributed by atoms with Crippen molar-refractivity contribution in [1.82, 2.24) is 4.90 Å². The van der Waals surface area contributed by atoms with E-state index >= 15 is 0 Å². The molecule has 1 aliphatic heterocycles. The first kappa shape index (κ1) is 16.4. The van der Waals surface area contributed by atoms with Gasteiger partial charge in [-0.2, -0.15) is 0 Å². The second-order valence-electron chi connectivity index (χ2n) is 4.42. The predicted octanol–water partition coefficient (Wildman–Crippen LogP) is 2.25. The lowest BCUT2D eigenvalue weighted by atomic mass is 10.3. The molecule has 1 aromatic rings. The van der Waals surface area contributed by atoms with Gasteiger partial charge < -0.3 is 4.90 Å². The molecule has 1 aromatic carbocycles. The van der Waals surface area contributed by atoms with E-state index in [1.165, 1.54) is 0 Å². The fraction of sp³-hybridized carbons (Fsp3) is 0.250. The number of hydrogen-bond donors (Lipinski definition) is 0. The zero-order valence-corrected chi connectivity index (χ0v) is 11.6. The van der Waals surface area contributed by atoms with Crippen LogP contribution in [0.4, 0.5) is 22.0 Å². The van der Waals surface area contributed by atoms with E-state index in [9.17, 15) is 35.2 Å².